The summed E-state index contributed by atoms with van der Waals surface area (Å²) < 4.78 is 11.5. The topological polar surface area (TPSA) is 30.5 Å². The Balaban J connectivity index is 4.03. The number of rotatable bonds is 15. The molecule has 0 aliphatic rings. The van der Waals surface area contributed by atoms with Crippen LogP contribution in [-0.4, -0.2) is 32.1 Å². The Hall–Kier alpha value is -0.120. The fourth-order valence-corrected chi connectivity index (χ4v) is 2.42. The first-order chi connectivity index (χ1) is 9.79. The molecule has 0 fully saturated rings. The van der Waals surface area contributed by atoms with Gasteiger partial charge in [0.25, 0.3) is 0 Å². The Morgan fingerprint density at radius 3 is 1.90 bits per heavy atom. The van der Waals surface area contributed by atoms with Gasteiger partial charge in [0.05, 0.1) is 6.04 Å². The summed E-state index contributed by atoms with van der Waals surface area (Å²) in [5, 5.41) is 3.59. The van der Waals surface area contributed by atoms with Crippen molar-refractivity contribution in [3.8, 4) is 0 Å². The van der Waals surface area contributed by atoms with Gasteiger partial charge in [-0.2, -0.15) is 0 Å². The molecule has 0 aromatic rings. The van der Waals surface area contributed by atoms with Crippen molar-refractivity contribution in [1.82, 2.24) is 5.32 Å². The lowest BCUT2D eigenvalue weighted by atomic mass is 10.0. The molecule has 0 radical (unpaired) electrons. The average molecular weight is 287 g/mol. The molecule has 0 aromatic heterocycles. The molecule has 0 saturated carbocycles. The predicted molar refractivity (Wildman–Crippen MR) is 87.1 cm³/mol. The summed E-state index contributed by atoms with van der Waals surface area (Å²) in [6, 6.07) is 0.334. The van der Waals surface area contributed by atoms with Crippen LogP contribution in [-0.2, 0) is 9.47 Å². The van der Waals surface area contributed by atoms with Crippen LogP contribution in [0.2, 0.25) is 0 Å². The lowest BCUT2D eigenvalue weighted by molar-refractivity contribution is -0.155. The highest BCUT2D eigenvalue weighted by Crippen LogP contribution is 2.13. The molecule has 1 N–H and O–H groups in total. The van der Waals surface area contributed by atoms with Crippen molar-refractivity contribution in [3.63, 3.8) is 0 Å². The lowest BCUT2D eigenvalue weighted by Gasteiger charge is -2.27. The molecule has 1 unspecified atom stereocenters. The molecule has 1 atom stereocenters. The maximum atomic E-state index is 5.75. The number of hydrogen-bond acceptors (Lipinski definition) is 3. The van der Waals surface area contributed by atoms with Gasteiger partial charge in [-0.1, -0.05) is 52.4 Å². The summed E-state index contributed by atoms with van der Waals surface area (Å²) in [7, 11) is 0. The molecule has 0 aromatic carbocycles. The van der Waals surface area contributed by atoms with Gasteiger partial charge in [-0.15, -0.1) is 0 Å². The fraction of sp³-hybridized carbons (Fsp3) is 1.00. The van der Waals surface area contributed by atoms with Gasteiger partial charge in [-0.25, -0.2) is 0 Å². The monoisotopic (exact) mass is 287 g/mol. The Kier molecular flexibility index (Phi) is 15.2. The minimum Gasteiger partial charge on any atom is -0.351 e. The molecule has 3 heteroatoms. The van der Waals surface area contributed by atoms with Gasteiger partial charge in [0.2, 0.25) is 0 Å². The molecular weight excluding hydrogens is 250 g/mol. The SMILES string of the molecule is CCCCCCCCC(NCCC)C(OCC)OCC. The Labute approximate surface area is 126 Å². The van der Waals surface area contributed by atoms with E-state index in [0.717, 1.165) is 19.4 Å². The zero-order chi connectivity index (χ0) is 15.1. The summed E-state index contributed by atoms with van der Waals surface area (Å²) >= 11 is 0. The molecule has 0 aliphatic carbocycles. The van der Waals surface area contributed by atoms with Crippen molar-refractivity contribution < 1.29 is 9.47 Å². The zero-order valence-electron chi connectivity index (χ0n) is 14.2. The van der Waals surface area contributed by atoms with Crippen LogP contribution < -0.4 is 5.32 Å². The summed E-state index contributed by atoms with van der Waals surface area (Å²) in [4.78, 5) is 0. The van der Waals surface area contributed by atoms with E-state index in [0.29, 0.717) is 19.3 Å². The quantitative estimate of drug-likeness (QED) is 0.355. The first-order valence-electron chi connectivity index (χ1n) is 8.76. The van der Waals surface area contributed by atoms with E-state index in [9.17, 15) is 0 Å². The molecule has 3 nitrogen and oxygen atoms in total. The van der Waals surface area contributed by atoms with E-state index >= 15 is 0 Å². The fourth-order valence-electron chi connectivity index (χ4n) is 2.42. The van der Waals surface area contributed by atoms with Gasteiger partial charge in [0, 0.05) is 13.2 Å². The average Bonchev–Trinajstić information content (AvgIpc) is 2.45. The van der Waals surface area contributed by atoms with Gasteiger partial charge < -0.3 is 14.8 Å². The van der Waals surface area contributed by atoms with Crippen LogP contribution in [0, 0.1) is 0 Å². The smallest absolute Gasteiger partial charge is 0.172 e. The third-order valence-electron chi connectivity index (χ3n) is 3.52. The van der Waals surface area contributed by atoms with Gasteiger partial charge in [-0.05, 0) is 33.2 Å². The number of nitrogens with one attached hydrogen (secondary N) is 1. The summed E-state index contributed by atoms with van der Waals surface area (Å²) in [6.45, 7) is 11.0. The second-order valence-electron chi connectivity index (χ2n) is 5.40. The molecule has 0 heterocycles. The van der Waals surface area contributed by atoms with E-state index in [4.69, 9.17) is 9.47 Å². The van der Waals surface area contributed by atoms with Crippen molar-refractivity contribution in [2.75, 3.05) is 19.8 Å². The molecule has 0 rings (SSSR count). The number of hydrogen-bond donors (Lipinski definition) is 1. The summed E-state index contributed by atoms with van der Waals surface area (Å²) in [5.41, 5.74) is 0. The van der Waals surface area contributed by atoms with E-state index in [1.54, 1.807) is 0 Å². The highest BCUT2D eigenvalue weighted by Gasteiger charge is 2.21. The molecule has 0 bridgehead atoms. The molecular formula is C17H37NO2. The van der Waals surface area contributed by atoms with Gasteiger partial charge in [0.15, 0.2) is 6.29 Å². The van der Waals surface area contributed by atoms with Crippen LogP contribution in [0.5, 0.6) is 0 Å². The second-order valence-corrected chi connectivity index (χ2v) is 5.40. The largest absolute Gasteiger partial charge is 0.351 e. The standard InChI is InChI=1S/C17H37NO2/c1-5-9-10-11-12-13-14-16(18-15-6-2)17(19-7-3)20-8-4/h16-18H,5-15H2,1-4H3. The minimum absolute atomic E-state index is 0.0906. The first-order valence-corrected chi connectivity index (χ1v) is 8.76. The second kappa shape index (κ2) is 15.3. The van der Waals surface area contributed by atoms with Crippen molar-refractivity contribution in [1.29, 1.82) is 0 Å². The molecule has 0 amide bonds. The number of ether oxygens (including phenoxy) is 2. The van der Waals surface area contributed by atoms with E-state index < -0.39 is 0 Å². The van der Waals surface area contributed by atoms with Crippen molar-refractivity contribution in [2.24, 2.45) is 0 Å². The summed E-state index contributed by atoms with van der Waals surface area (Å²) in [5.74, 6) is 0. The zero-order valence-corrected chi connectivity index (χ0v) is 14.2. The molecule has 0 spiro atoms. The van der Waals surface area contributed by atoms with Gasteiger partial charge >= 0.3 is 0 Å². The van der Waals surface area contributed by atoms with Crippen molar-refractivity contribution >= 4 is 0 Å². The van der Waals surface area contributed by atoms with E-state index in [2.05, 4.69) is 19.2 Å². The van der Waals surface area contributed by atoms with Crippen LogP contribution in [0.4, 0.5) is 0 Å². The third-order valence-corrected chi connectivity index (χ3v) is 3.52. The molecule has 0 aliphatic heterocycles. The first kappa shape index (κ1) is 19.9. The normalized spacial score (nSPS) is 13.1. The van der Waals surface area contributed by atoms with E-state index in [1.807, 2.05) is 13.8 Å². The maximum Gasteiger partial charge on any atom is 0.172 e. The van der Waals surface area contributed by atoms with E-state index in [-0.39, 0.29) is 6.29 Å². The van der Waals surface area contributed by atoms with Gasteiger partial charge in [-0.3, -0.25) is 0 Å². The number of unbranched alkanes of at least 4 members (excludes halogenated alkanes) is 5. The van der Waals surface area contributed by atoms with Crippen LogP contribution in [0.1, 0.15) is 79.1 Å². The minimum atomic E-state index is -0.0906. The van der Waals surface area contributed by atoms with Crippen LogP contribution in [0.3, 0.4) is 0 Å². The maximum absolute atomic E-state index is 5.75. The molecule has 122 valence electrons. The Morgan fingerprint density at radius 1 is 0.750 bits per heavy atom. The highest BCUT2D eigenvalue weighted by atomic mass is 16.7. The van der Waals surface area contributed by atoms with Crippen molar-refractivity contribution in [3.05, 3.63) is 0 Å². The molecule has 20 heavy (non-hydrogen) atoms. The van der Waals surface area contributed by atoms with E-state index in [1.165, 1.54) is 38.5 Å². The lowest BCUT2D eigenvalue weighted by Crippen LogP contribution is -2.43. The predicted octanol–water partition coefficient (Wildman–Crippen LogP) is 4.50. The summed E-state index contributed by atoms with van der Waals surface area (Å²) in [6.07, 6.45) is 10.2. The van der Waals surface area contributed by atoms with Gasteiger partial charge in [0.1, 0.15) is 0 Å². The van der Waals surface area contributed by atoms with Crippen LogP contribution in [0.15, 0.2) is 0 Å². The van der Waals surface area contributed by atoms with Crippen LogP contribution >= 0.6 is 0 Å². The highest BCUT2D eigenvalue weighted by molar-refractivity contribution is 4.71. The third kappa shape index (κ3) is 10.6. The Morgan fingerprint density at radius 2 is 1.35 bits per heavy atom. The van der Waals surface area contributed by atoms with Crippen LogP contribution in [0.25, 0.3) is 0 Å². The van der Waals surface area contributed by atoms with Crippen molar-refractivity contribution in [2.45, 2.75) is 91.4 Å². The molecule has 0 saturated heterocycles. The Bertz CT molecular complexity index is 182.